The molecule has 1 atom stereocenters. The second-order valence-electron chi connectivity index (χ2n) is 8.45. The number of aryl methyl sites for hydroxylation is 2. The number of carbonyl (C=O) groups excluding carboxylic acids is 1. The highest BCUT2D eigenvalue weighted by Gasteiger charge is 2.34. The van der Waals surface area contributed by atoms with Crippen molar-refractivity contribution < 1.29 is 9.53 Å². The molecule has 0 spiro atoms. The van der Waals surface area contributed by atoms with Gasteiger partial charge in [-0.1, -0.05) is 36.4 Å². The summed E-state index contributed by atoms with van der Waals surface area (Å²) in [6, 6.07) is 24.2. The van der Waals surface area contributed by atoms with Crippen LogP contribution < -0.4 is 9.64 Å². The molecule has 0 aliphatic carbocycles. The molecule has 1 aliphatic heterocycles. The van der Waals surface area contributed by atoms with Crippen LogP contribution >= 0.6 is 0 Å². The fraction of sp³-hybridized carbons (Fsp3) is 0.259. The van der Waals surface area contributed by atoms with Crippen molar-refractivity contribution in [1.82, 2.24) is 9.55 Å². The fourth-order valence-electron chi connectivity index (χ4n) is 4.44. The number of nitrogens with zero attached hydrogens (tertiary/aromatic N) is 3. The molecule has 4 aromatic rings. The number of rotatable bonds is 6. The van der Waals surface area contributed by atoms with E-state index in [9.17, 15) is 4.79 Å². The lowest BCUT2D eigenvalue weighted by atomic mass is 10.1. The van der Waals surface area contributed by atoms with Gasteiger partial charge in [-0.25, -0.2) is 4.98 Å². The van der Waals surface area contributed by atoms with E-state index in [1.165, 1.54) is 11.1 Å². The van der Waals surface area contributed by atoms with Crippen LogP contribution in [-0.2, 0) is 11.3 Å². The number of carbonyl (C=O) groups is 1. The molecule has 1 amide bonds. The minimum absolute atomic E-state index is 0.0493. The lowest BCUT2D eigenvalue weighted by Gasteiger charge is -2.18. The number of imidazole rings is 1. The molecule has 1 fully saturated rings. The summed E-state index contributed by atoms with van der Waals surface area (Å²) in [6.45, 7) is 6.04. The number of benzene rings is 3. The van der Waals surface area contributed by atoms with Gasteiger partial charge in [0.05, 0.1) is 17.6 Å². The molecular weight excluding hydrogens is 398 g/mol. The molecule has 3 aromatic carbocycles. The maximum atomic E-state index is 12.9. The summed E-state index contributed by atoms with van der Waals surface area (Å²) in [7, 11) is 0. The molecule has 162 valence electrons. The van der Waals surface area contributed by atoms with Crippen LogP contribution in [0.25, 0.3) is 11.0 Å². The molecule has 0 bridgehead atoms. The van der Waals surface area contributed by atoms with Crippen LogP contribution in [0.4, 0.5) is 5.69 Å². The van der Waals surface area contributed by atoms with Crippen LogP contribution in [0.1, 0.15) is 29.3 Å². The van der Waals surface area contributed by atoms with Gasteiger partial charge in [-0.2, -0.15) is 0 Å². The highest BCUT2D eigenvalue weighted by Crippen LogP contribution is 2.33. The van der Waals surface area contributed by atoms with E-state index >= 15 is 0 Å². The summed E-state index contributed by atoms with van der Waals surface area (Å²) >= 11 is 0. The van der Waals surface area contributed by atoms with Gasteiger partial charge in [0.15, 0.2) is 0 Å². The van der Waals surface area contributed by atoms with Crippen LogP contribution in [0.3, 0.4) is 0 Å². The molecule has 5 heteroatoms. The van der Waals surface area contributed by atoms with Crippen molar-refractivity contribution in [2.75, 3.05) is 18.1 Å². The molecule has 1 saturated heterocycles. The summed E-state index contributed by atoms with van der Waals surface area (Å²) in [5, 5.41) is 0. The number of para-hydroxylation sites is 3. The normalized spacial score (nSPS) is 16.1. The van der Waals surface area contributed by atoms with Crippen LogP contribution in [0, 0.1) is 13.8 Å². The van der Waals surface area contributed by atoms with Crippen molar-refractivity contribution in [2.45, 2.75) is 32.7 Å². The molecule has 5 nitrogen and oxygen atoms in total. The quantitative estimate of drug-likeness (QED) is 0.424. The van der Waals surface area contributed by atoms with Gasteiger partial charge < -0.3 is 14.2 Å². The van der Waals surface area contributed by atoms with Crippen LogP contribution in [0.15, 0.2) is 72.8 Å². The second kappa shape index (κ2) is 8.50. The van der Waals surface area contributed by atoms with E-state index in [0.717, 1.165) is 28.3 Å². The predicted octanol–water partition coefficient (Wildman–Crippen LogP) is 5.25. The average molecular weight is 426 g/mol. The Kier molecular flexibility index (Phi) is 5.39. The van der Waals surface area contributed by atoms with E-state index in [0.29, 0.717) is 26.1 Å². The molecule has 0 saturated carbocycles. The number of amides is 1. The molecule has 1 aliphatic rings. The van der Waals surface area contributed by atoms with E-state index in [1.807, 2.05) is 59.5 Å². The molecule has 1 aromatic heterocycles. The molecular formula is C27H27N3O2. The first-order valence-electron chi connectivity index (χ1n) is 11.1. The standard InChI is InChI=1S/C27H27N3O2/c1-19-12-13-22(16-20(19)2)30-18-21(17-26(30)31)27-28-24-10-6-7-11-25(24)29(27)14-15-32-23-8-4-3-5-9-23/h3-13,16,21H,14-15,17-18H2,1-2H3/t21-/m0/s1. The predicted molar refractivity (Wildman–Crippen MR) is 127 cm³/mol. The van der Waals surface area contributed by atoms with Crippen molar-refractivity contribution in [3.8, 4) is 5.75 Å². The third-order valence-electron chi connectivity index (χ3n) is 6.30. The van der Waals surface area contributed by atoms with Gasteiger partial charge in [0, 0.05) is 24.6 Å². The van der Waals surface area contributed by atoms with Gasteiger partial charge in [-0.05, 0) is 61.4 Å². The molecule has 0 unspecified atom stereocenters. The van der Waals surface area contributed by atoms with E-state index in [2.05, 4.69) is 36.6 Å². The smallest absolute Gasteiger partial charge is 0.227 e. The van der Waals surface area contributed by atoms with Crippen molar-refractivity contribution >= 4 is 22.6 Å². The SMILES string of the molecule is Cc1ccc(N2C[C@@H](c3nc4ccccc4n3CCOc3ccccc3)CC2=O)cc1C. The highest BCUT2D eigenvalue weighted by molar-refractivity contribution is 5.96. The largest absolute Gasteiger partial charge is 0.492 e. The Balaban J connectivity index is 1.41. The Morgan fingerprint density at radius 2 is 1.75 bits per heavy atom. The zero-order chi connectivity index (χ0) is 22.1. The van der Waals surface area contributed by atoms with E-state index in [4.69, 9.17) is 9.72 Å². The van der Waals surface area contributed by atoms with Crippen molar-refractivity contribution in [2.24, 2.45) is 0 Å². The molecule has 0 N–H and O–H groups in total. The Bertz CT molecular complexity index is 1260. The van der Waals surface area contributed by atoms with Gasteiger partial charge in [-0.3, -0.25) is 4.79 Å². The van der Waals surface area contributed by atoms with Crippen molar-refractivity contribution in [3.63, 3.8) is 0 Å². The summed E-state index contributed by atoms with van der Waals surface area (Å²) in [6.07, 6.45) is 0.468. The number of anilines is 1. The first kappa shape index (κ1) is 20.3. The fourth-order valence-corrected chi connectivity index (χ4v) is 4.44. The van der Waals surface area contributed by atoms with Crippen molar-refractivity contribution in [3.05, 3.63) is 89.7 Å². The van der Waals surface area contributed by atoms with E-state index in [1.54, 1.807) is 0 Å². The van der Waals surface area contributed by atoms with Gasteiger partial charge in [-0.15, -0.1) is 0 Å². The number of hydrogen-bond acceptors (Lipinski definition) is 3. The zero-order valence-electron chi connectivity index (χ0n) is 18.5. The lowest BCUT2D eigenvalue weighted by molar-refractivity contribution is -0.117. The molecule has 2 heterocycles. The van der Waals surface area contributed by atoms with Gasteiger partial charge in [0.1, 0.15) is 18.2 Å². The van der Waals surface area contributed by atoms with Gasteiger partial charge in [0.25, 0.3) is 0 Å². The second-order valence-corrected chi connectivity index (χ2v) is 8.45. The Morgan fingerprint density at radius 1 is 0.969 bits per heavy atom. The third-order valence-corrected chi connectivity index (χ3v) is 6.30. The van der Waals surface area contributed by atoms with Gasteiger partial charge >= 0.3 is 0 Å². The third kappa shape index (κ3) is 3.86. The molecule has 32 heavy (non-hydrogen) atoms. The number of hydrogen-bond donors (Lipinski definition) is 0. The summed E-state index contributed by atoms with van der Waals surface area (Å²) in [4.78, 5) is 19.8. The number of fused-ring (bicyclic) bond motifs is 1. The highest BCUT2D eigenvalue weighted by atomic mass is 16.5. The topological polar surface area (TPSA) is 47.4 Å². The summed E-state index contributed by atoms with van der Waals surface area (Å²) < 4.78 is 8.18. The lowest BCUT2D eigenvalue weighted by Crippen LogP contribution is -2.24. The number of ether oxygens (including phenoxy) is 1. The minimum atomic E-state index is 0.0493. The number of aromatic nitrogens is 2. The maximum absolute atomic E-state index is 12.9. The summed E-state index contributed by atoms with van der Waals surface area (Å²) in [5.74, 6) is 2.02. The first-order chi connectivity index (χ1) is 15.6. The Hall–Kier alpha value is -3.60. The Labute approximate surface area is 188 Å². The Morgan fingerprint density at radius 3 is 2.56 bits per heavy atom. The van der Waals surface area contributed by atoms with Crippen LogP contribution in [0.2, 0.25) is 0 Å². The minimum Gasteiger partial charge on any atom is -0.492 e. The first-order valence-corrected chi connectivity index (χ1v) is 11.1. The summed E-state index contributed by atoms with van der Waals surface area (Å²) in [5.41, 5.74) is 5.44. The van der Waals surface area contributed by atoms with Gasteiger partial charge in [0.2, 0.25) is 5.91 Å². The molecule has 5 rings (SSSR count). The zero-order valence-corrected chi connectivity index (χ0v) is 18.5. The maximum Gasteiger partial charge on any atom is 0.227 e. The average Bonchev–Trinajstić information content (AvgIpc) is 3.37. The molecule has 0 radical (unpaired) electrons. The van der Waals surface area contributed by atoms with Crippen LogP contribution in [0.5, 0.6) is 5.75 Å². The van der Waals surface area contributed by atoms with Crippen molar-refractivity contribution in [1.29, 1.82) is 0 Å². The monoisotopic (exact) mass is 425 g/mol. The van der Waals surface area contributed by atoms with E-state index in [-0.39, 0.29) is 11.8 Å². The van der Waals surface area contributed by atoms with E-state index < -0.39 is 0 Å². The van der Waals surface area contributed by atoms with Crippen LogP contribution in [-0.4, -0.2) is 28.6 Å².